The zero-order valence-electron chi connectivity index (χ0n) is 14.0. The largest absolute Gasteiger partial charge is 0.459 e. The van der Waals surface area contributed by atoms with Gasteiger partial charge in [0.05, 0.1) is 39.0 Å². The van der Waals surface area contributed by atoms with Crippen LogP contribution < -0.4 is 10.2 Å². The first-order chi connectivity index (χ1) is 12.2. The van der Waals surface area contributed by atoms with Gasteiger partial charge in [-0.25, -0.2) is 0 Å². The van der Waals surface area contributed by atoms with Crippen molar-refractivity contribution in [3.8, 4) is 0 Å². The minimum absolute atomic E-state index is 0.276. The van der Waals surface area contributed by atoms with Gasteiger partial charge in [-0.3, -0.25) is 10.1 Å². The van der Waals surface area contributed by atoms with Crippen LogP contribution in [-0.4, -0.2) is 48.6 Å². The number of carbonyl (C=O) groups is 1. The van der Waals surface area contributed by atoms with Crippen LogP contribution in [0, 0.1) is 0 Å². The molecule has 6 heteroatoms. The van der Waals surface area contributed by atoms with E-state index in [9.17, 15) is 4.79 Å². The van der Waals surface area contributed by atoms with Crippen LogP contribution in [0.4, 0.5) is 0 Å². The molecule has 2 aromatic rings. The molecule has 1 aliphatic rings. The Bertz CT molecular complexity index is 720. The van der Waals surface area contributed by atoms with Crippen molar-refractivity contribution in [2.45, 2.75) is 0 Å². The van der Waals surface area contributed by atoms with Crippen molar-refractivity contribution in [2.24, 2.45) is 0 Å². The van der Waals surface area contributed by atoms with E-state index in [1.165, 1.54) is 16.7 Å². The molecule has 1 aliphatic heterocycles. The molecule has 5 nitrogen and oxygen atoms in total. The lowest BCUT2D eigenvalue weighted by molar-refractivity contribution is -0.897. The summed E-state index contributed by atoms with van der Waals surface area (Å²) in [6.45, 7) is 4.66. The summed E-state index contributed by atoms with van der Waals surface area (Å²) in [5.41, 5.74) is 1.22. The summed E-state index contributed by atoms with van der Waals surface area (Å²) in [4.78, 5) is 15.5. The second-order valence-electron chi connectivity index (χ2n) is 5.99. The zero-order valence-corrected chi connectivity index (χ0v) is 14.8. The number of hydrogen-bond acceptors (Lipinski definition) is 3. The molecule has 0 saturated carbocycles. The summed E-state index contributed by atoms with van der Waals surface area (Å²) in [5.74, 6) is -0.0202. The Labute approximate surface area is 152 Å². The van der Waals surface area contributed by atoms with Crippen molar-refractivity contribution in [1.29, 1.82) is 0 Å². The molecule has 1 aromatic heterocycles. The molecular formula is C19H22N3O2S+. The number of thiocarbonyl (C=S) groups is 1. The third kappa shape index (κ3) is 5.01. The molecule has 0 unspecified atom stereocenters. The van der Waals surface area contributed by atoms with Crippen molar-refractivity contribution in [3.63, 3.8) is 0 Å². The van der Waals surface area contributed by atoms with Crippen molar-refractivity contribution < 1.29 is 14.1 Å². The number of amides is 1. The summed E-state index contributed by atoms with van der Waals surface area (Å²) in [6, 6.07) is 13.6. The predicted octanol–water partition coefficient (Wildman–Crippen LogP) is 1.21. The number of piperazine rings is 1. The normalized spacial score (nSPS) is 15.4. The summed E-state index contributed by atoms with van der Waals surface area (Å²) < 4.78 is 5.08. The Hall–Kier alpha value is -2.44. The third-order valence-electron chi connectivity index (χ3n) is 4.24. The first-order valence-electron chi connectivity index (χ1n) is 8.41. The summed E-state index contributed by atoms with van der Waals surface area (Å²) in [7, 11) is 0. The van der Waals surface area contributed by atoms with Crippen molar-refractivity contribution in [3.05, 3.63) is 66.1 Å². The molecule has 25 heavy (non-hydrogen) atoms. The fraction of sp³-hybridized carbons (Fsp3) is 0.263. The molecule has 0 atom stereocenters. The van der Waals surface area contributed by atoms with Crippen molar-refractivity contribution >= 4 is 29.3 Å². The van der Waals surface area contributed by atoms with Crippen molar-refractivity contribution in [2.75, 3.05) is 32.7 Å². The van der Waals surface area contributed by atoms with Gasteiger partial charge in [0.1, 0.15) is 0 Å². The maximum atomic E-state index is 12.0. The molecule has 2 heterocycles. The summed E-state index contributed by atoms with van der Waals surface area (Å²) in [5, 5.41) is 3.21. The molecule has 0 radical (unpaired) electrons. The lowest BCUT2D eigenvalue weighted by Gasteiger charge is -2.33. The number of rotatable bonds is 4. The van der Waals surface area contributed by atoms with Gasteiger partial charge in [-0.15, -0.1) is 0 Å². The molecule has 0 aliphatic carbocycles. The molecule has 2 N–H and O–H groups in total. The van der Waals surface area contributed by atoms with Gasteiger partial charge in [-0.2, -0.15) is 0 Å². The van der Waals surface area contributed by atoms with Gasteiger partial charge in [0.2, 0.25) is 0 Å². The van der Waals surface area contributed by atoms with Crippen LogP contribution in [-0.2, 0) is 0 Å². The Morgan fingerprint density at radius 3 is 2.64 bits per heavy atom. The Kier molecular flexibility index (Phi) is 5.98. The monoisotopic (exact) mass is 356 g/mol. The Morgan fingerprint density at radius 2 is 1.96 bits per heavy atom. The number of carbonyl (C=O) groups excluding carboxylic acids is 1. The molecule has 3 rings (SSSR count). The molecule has 1 amide bonds. The van der Waals surface area contributed by atoms with E-state index in [-0.39, 0.29) is 11.7 Å². The number of nitrogens with one attached hydrogen (secondary N) is 2. The smallest absolute Gasteiger partial charge is 0.293 e. The van der Waals surface area contributed by atoms with Gasteiger partial charge >= 0.3 is 0 Å². The van der Waals surface area contributed by atoms with Crippen LogP contribution in [0.5, 0.6) is 0 Å². The van der Waals surface area contributed by atoms with E-state index in [0.29, 0.717) is 5.11 Å². The number of benzene rings is 1. The lowest BCUT2D eigenvalue weighted by Crippen LogP contribution is -3.14. The second-order valence-corrected chi connectivity index (χ2v) is 6.38. The standard InChI is InChI=1S/C19H21N3O2S/c23-18(17-9-5-15-24-17)20-19(25)22-13-11-21(12-14-22)10-4-8-16-6-2-1-3-7-16/h1-9,15H,10-14H2,(H,20,23,25)/p+1/b8-4+. The molecule has 0 bridgehead atoms. The van der Waals surface area contributed by atoms with Gasteiger partial charge in [0, 0.05) is 0 Å². The number of hydrogen-bond donors (Lipinski definition) is 2. The van der Waals surface area contributed by atoms with Gasteiger partial charge in [0.25, 0.3) is 5.91 Å². The maximum Gasteiger partial charge on any atom is 0.293 e. The summed E-state index contributed by atoms with van der Waals surface area (Å²) >= 11 is 5.34. The lowest BCUT2D eigenvalue weighted by atomic mass is 10.2. The topological polar surface area (TPSA) is 49.9 Å². The second kappa shape index (κ2) is 8.60. The zero-order chi connectivity index (χ0) is 17.5. The Balaban J connectivity index is 1.41. The van der Waals surface area contributed by atoms with Crippen LogP contribution >= 0.6 is 12.2 Å². The van der Waals surface area contributed by atoms with Gasteiger partial charge in [-0.1, -0.05) is 36.4 Å². The van der Waals surface area contributed by atoms with Crippen LogP contribution in [0.15, 0.2) is 59.2 Å². The molecule has 1 aromatic carbocycles. The molecule has 1 fully saturated rings. The van der Waals surface area contributed by atoms with E-state index < -0.39 is 0 Å². The maximum absolute atomic E-state index is 12.0. The minimum atomic E-state index is -0.296. The average molecular weight is 356 g/mol. The van der Waals surface area contributed by atoms with Gasteiger partial charge in [0.15, 0.2) is 10.9 Å². The SMILES string of the molecule is O=C(NC(=S)N1CC[NH+](C/C=C/c2ccccc2)CC1)c1ccco1. The van der Waals surface area contributed by atoms with E-state index >= 15 is 0 Å². The molecule has 0 spiro atoms. The highest BCUT2D eigenvalue weighted by Gasteiger charge is 2.22. The van der Waals surface area contributed by atoms with Crippen LogP contribution in [0.25, 0.3) is 6.08 Å². The van der Waals surface area contributed by atoms with E-state index in [1.807, 2.05) is 23.1 Å². The van der Waals surface area contributed by atoms with Gasteiger partial charge < -0.3 is 14.2 Å². The quantitative estimate of drug-likeness (QED) is 0.809. The van der Waals surface area contributed by atoms with Crippen LogP contribution in [0.3, 0.4) is 0 Å². The van der Waals surface area contributed by atoms with Crippen LogP contribution in [0.1, 0.15) is 16.1 Å². The Morgan fingerprint density at radius 1 is 1.20 bits per heavy atom. The minimum Gasteiger partial charge on any atom is -0.459 e. The van der Waals surface area contributed by atoms with E-state index in [2.05, 4.69) is 29.6 Å². The van der Waals surface area contributed by atoms with E-state index in [0.717, 1.165) is 32.7 Å². The third-order valence-corrected chi connectivity index (χ3v) is 4.60. The number of furan rings is 1. The number of nitrogens with zero attached hydrogens (tertiary/aromatic N) is 1. The highest BCUT2D eigenvalue weighted by atomic mass is 32.1. The molecule has 1 saturated heterocycles. The highest BCUT2D eigenvalue weighted by molar-refractivity contribution is 7.80. The van der Waals surface area contributed by atoms with Crippen LogP contribution in [0.2, 0.25) is 0 Å². The van der Waals surface area contributed by atoms with Crippen molar-refractivity contribution in [1.82, 2.24) is 10.2 Å². The highest BCUT2D eigenvalue weighted by Crippen LogP contribution is 2.01. The summed E-state index contributed by atoms with van der Waals surface area (Å²) in [6.07, 6.45) is 5.86. The molecule has 130 valence electrons. The fourth-order valence-corrected chi connectivity index (χ4v) is 3.08. The number of quaternary nitrogens is 1. The van der Waals surface area contributed by atoms with E-state index in [4.69, 9.17) is 16.6 Å². The first kappa shape index (κ1) is 17.4. The predicted molar refractivity (Wildman–Crippen MR) is 101 cm³/mol. The average Bonchev–Trinajstić information content (AvgIpc) is 3.18. The first-order valence-corrected chi connectivity index (χ1v) is 8.82. The fourth-order valence-electron chi connectivity index (χ4n) is 2.80. The van der Waals surface area contributed by atoms with Gasteiger partial charge in [-0.05, 0) is 36.0 Å². The van der Waals surface area contributed by atoms with E-state index in [1.54, 1.807) is 12.1 Å². The molecular weight excluding hydrogens is 334 g/mol.